The number of aromatic hydroxyl groups is 1. The lowest BCUT2D eigenvalue weighted by Crippen LogP contribution is -2.14. The van der Waals surface area contributed by atoms with Gasteiger partial charge in [0.05, 0.1) is 37.5 Å². The second kappa shape index (κ2) is 8.97. The van der Waals surface area contributed by atoms with Crippen LogP contribution in [0, 0.1) is 0 Å². The molecule has 1 aromatic heterocycles. The number of aliphatic hydroxyl groups is 1. The molecule has 0 saturated carbocycles. The highest BCUT2D eigenvalue weighted by Gasteiger charge is 2.21. The number of imidazole rings is 1. The van der Waals surface area contributed by atoms with Crippen molar-refractivity contribution in [1.29, 1.82) is 0 Å². The number of hydrogen-bond acceptors (Lipinski definition) is 5. The average molecular weight is 385 g/mol. The highest BCUT2D eigenvalue weighted by Crippen LogP contribution is 2.38. The minimum atomic E-state index is -0.0720. The summed E-state index contributed by atoms with van der Waals surface area (Å²) >= 11 is 1.75. The molecule has 0 saturated heterocycles. The molecule has 0 spiro atoms. The van der Waals surface area contributed by atoms with E-state index in [1.807, 2.05) is 41.0 Å². The summed E-state index contributed by atoms with van der Waals surface area (Å²) < 4.78 is 7.32. The van der Waals surface area contributed by atoms with Crippen LogP contribution in [0.1, 0.15) is 12.5 Å². The molecule has 0 aliphatic heterocycles. The van der Waals surface area contributed by atoms with Gasteiger partial charge in [-0.05, 0) is 36.6 Å². The summed E-state index contributed by atoms with van der Waals surface area (Å²) in [6, 6.07) is 15.2. The standard InChI is InChI=1S/C21H24N2O3S/c1-26-19-12-16(8-9-18(19)25)21-20(15-6-4-3-5-7-15)22-14-23(21)17(13-24)10-11-27-2/h3-9,12,14,17,24-25H,10-11,13H2,1-2H3/t17-/m0/s1. The van der Waals surface area contributed by atoms with Crippen molar-refractivity contribution in [2.75, 3.05) is 25.7 Å². The van der Waals surface area contributed by atoms with Gasteiger partial charge in [0, 0.05) is 11.1 Å². The number of hydrogen-bond donors (Lipinski definition) is 2. The average Bonchev–Trinajstić information content (AvgIpc) is 3.14. The molecule has 0 radical (unpaired) electrons. The predicted octanol–water partition coefficient (Wildman–Crippen LogP) is 4.22. The van der Waals surface area contributed by atoms with Gasteiger partial charge in [0.2, 0.25) is 0 Å². The Hall–Kier alpha value is -2.44. The summed E-state index contributed by atoms with van der Waals surface area (Å²) in [6.07, 6.45) is 4.69. The first-order valence-corrected chi connectivity index (χ1v) is 10.2. The zero-order chi connectivity index (χ0) is 19.2. The molecule has 6 heteroatoms. The molecule has 0 fully saturated rings. The number of aromatic nitrogens is 2. The Morgan fingerprint density at radius 2 is 1.93 bits per heavy atom. The van der Waals surface area contributed by atoms with E-state index in [1.165, 1.54) is 7.11 Å². The van der Waals surface area contributed by atoms with Gasteiger partial charge < -0.3 is 19.5 Å². The summed E-state index contributed by atoms with van der Waals surface area (Å²) in [6.45, 7) is 0.0351. The fourth-order valence-corrected chi connectivity index (χ4v) is 3.64. The smallest absolute Gasteiger partial charge is 0.161 e. The number of phenols is 1. The predicted molar refractivity (Wildman–Crippen MR) is 110 cm³/mol. The van der Waals surface area contributed by atoms with E-state index in [1.54, 1.807) is 30.2 Å². The Bertz CT molecular complexity index is 880. The first-order valence-electron chi connectivity index (χ1n) is 8.79. The van der Waals surface area contributed by atoms with Crippen molar-refractivity contribution < 1.29 is 14.9 Å². The second-order valence-electron chi connectivity index (χ2n) is 6.22. The van der Waals surface area contributed by atoms with Crippen LogP contribution in [0.3, 0.4) is 0 Å². The second-order valence-corrected chi connectivity index (χ2v) is 7.21. The summed E-state index contributed by atoms with van der Waals surface area (Å²) in [7, 11) is 1.53. The van der Waals surface area contributed by atoms with Crippen LogP contribution in [-0.2, 0) is 0 Å². The first-order chi connectivity index (χ1) is 13.2. The summed E-state index contributed by atoms with van der Waals surface area (Å²) in [5.41, 5.74) is 3.62. The third-order valence-electron chi connectivity index (χ3n) is 4.55. The van der Waals surface area contributed by atoms with Crippen LogP contribution in [0.5, 0.6) is 11.5 Å². The maximum Gasteiger partial charge on any atom is 0.161 e. The largest absolute Gasteiger partial charge is 0.504 e. The molecule has 2 N–H and O–H groups in total. The quantitative estimate of drug-likeness (QED) is 0.609. The molecule has 0 amide bonds. The minimum absolute atomic E-state index is 0.0351. The number of aliphatic hydroxyl groups excluding tert-OH is 1. The van der Waals surface area contributed by atoms with Crippen LogP contribution in [0.15, 0.2) is 54.9 Å². The molecule has 5 nitrogen and oxygen atoms in total. The van der Waals surface area contributed by atoms with E-state index in [4.69, 9.17) is 4.74 Å². The van der Waals surface area contributed by atoms with Gasteiger partial charge in [0.1, 0.15) is 0 Å². The molecule has 1 heterocycles. The third-order valence-corrected chi connectivity index (χ3v) is 5.20. The Morgan fingerprint density at radius 3 is 2.59 bits per heavy atom. The van der Waals surface area contributed by atoms with E-state index in [0.717, 1.165) is 34.7 Å². The van der Waals surface area contributed by atoms with Crippen LogP contribution < -0.4 is 4.74 Å². The van der Waals surface area contributed by atoms with Crippen LogP contribution in [0.2, 0.25) is 0 Å². The number of thioether (sulfide) groups is 1. The van der Waals surface area contributed by atoms with E-state index in [2.05, 4.69) is 11.2 Å². The molecule has 0 unspecified atom stereocenters. The molecular formula is C21H24N2O3S. The number of nitrogens with zero attached hydrogens (tertiary/aromatic N) is 2. The molecular weight excluding hydrogens is 360 g/mol. The minimum Gasteiger partial charge on any atom is -0.504 e. The van der Waals surface area contributed by atoms with Crippen LogP contribution in [0.4, 0.5) is 0 Å². The van der Waals surface area contributed by atoms with Crippen molar-refractivity contribution in [3.8, 4) is 34.0 Å². The molecule has 0 aliphatic carbocycles. The fraction of sp³-hybridized carbons (Fsp3) is 0.286. The molecule has 0 bridgehead atoms. The Morgan fingerprint density at radius 1 is 1.15 bits per heavy atom. The number of ether oxygens (including phenoxy) is 1. The molecule has 142 valence electrons. The van der Waals surface area contributed by atoms with Crippen LogP contribution >= 0.6 is 11.8 Å². The molecule has 27 heavy (non-hydrogen) atoms. The van der Waals surface area contributed by atoms with Crippen LogP contribution in [-0.4, -0.2) is 45.5 Å². The van der Waals surface area contributed by atoms with Crippen molar-refractivity contribution in [2.45, 2.75) is 12.5 Å². The van der Waals surface area contributed by atoms with Gasteiger partial charge in [-0.15, -0.1) is 0 Å². The normalized spacial score (nSPS) is 12.1. The lowest BCUT2D eigenvalue weighted by molar-refractivity contribution is 0.226. The lowest BCUT2D eigenvalue weighted by atomic mass is 10.0. The van der Waals surface area contributed by atoms with Gasteiger partial charge in [0.25, 0.3) is 0 Å². The van der Waals surface area contributed by atoms with Crippen molar-refractivity contribution >= 4 is 11.8 Å². The fourth-order valence-electron chi connectivity index (χ4n) is 3.13. The molecule has 0 aliphatic rings. The van der Waals surface area contributed by atoms with Gasteiger partial charge >= 0.3 is 0 Å². The number of methoxy groups -OCH3 is 1. The number of benzene rings is 2. The van der Waals surface area contributed by atoms with Gasteiger partial charge in [-0.2, -0.15) is 11.8 Å². The molecule has 3 aromatic rings. The van der Waals surface area contributed by atoms with E-state index in [-0.39, 0.29) is 18.4 Å². The van der Waals surface area contributed by atoms with Crippen molar-refractivity contribution in [1.82, 2.24) is 9.55 Å². The van der Waals surface area contributed by atoms with Crippen LogP contribution in [0.25, 0.3) is 22.5 Å². The summed E-state index contributed by atoms with van der Waals surface area (Å²) in [4.78, 5) is 4.66. The maximum atomic E-state index is 9.98. The van der Waals surface area contributed by atoms with Crippen molar-refractivity contribution in [3.05, 3.63) is 54.9 Å². The Kier molecular flexibility index (Phi) is 6.42. The van der Waals surface area contributed by atoms with E-state index in [9.17, 15) is 10.2 Å². The van der Waals surface area contributed by atoms with Gasteiger partial charge in [-0.25, -0.2) is 4.98 Å². The van der Waals surface area contributed by atoms with Gasteiger partial charge in [0.15, 0.2) is 11.5 Å². The zero-order valence-electron chi connectivity index (χ0n) is 15.5. The van der Waals surface area contributed by atoms with Gasteiger partial charge in [-0.1, -0.05) is 30.3 Å². The molecule has 1 atom stereocenters. The monoisotopic (exact) mass is 384 g/mol. The van der Waals surface area contributed by atoms with Crippen molar-refractivity contribution in [3.63, 3.8) is 0 Å². The number of rotatable bonds is 8. The lowest BCUT2D eigenvalue weighted by Gasteiger charge is -2.20. The SMILES string of the molecule is COc1cc(-c2c(-c3ccccc3)ncn2[C@H](CO)CCSC)ccc1O. The highest BCUT2D eigenvalue weighted by molar-refractivity contribution is 7.98. The van der Waals surface area contributed by atoms with E-state index >= 15 is 0 Å². The third kappa shape index (κ3) is 4.12. The number of phenolic OH excluding ortho intramolecular Hbond substituents is 1. The van der Waals surface area contributed by atoms with Crippen molar-refractivity contribution in [2.24, 2.45) is 0 Å². The Balaban J connectivity index is 2.17. The molecule has 3 rings (SSSR count). The first kappa shape index (κ1) is 19.3. The van der Waals surface area contributed by atoms with Gasteiger partial charge in [-0.3, -0.25) is 0 Å². The summed E-state index contributed by atoms with van der Waals surface area (Å²) in [5.74, 6) is 1.45. The van der Waals surface area contributed by atoms with E-state index < -0.39 is 0 Å². The maximum absolute atomic E-state index is 9.98. The van der Waals surface area contributed by atoms with E-state index in [0.29, 0.717) is 5.75 Å². The zero-order valence-corrected chi connectivity index (χ0v) is 16.3. The topological polar surface area (TPSA) is 67.5 Å². The summed E-state index contributed by atoms with van der Waals surface area (Å²) in [5, 5.41) is 19.9. The Labute approximate surface area is 163 Å². The highest BCUT2D eigenvalue weighted by atomic mass is 32.2. The molecule has 2 aromatic carbocycles.